The second-order valence-electron chi connectivity index (χ2n) is 2.39. The van der Waals surface area contributed by atoms with E-state index in [9.17, 15) is 0 Å². The maximum Gasteiger partial charge on any atom is 0.273 e. The van der Waals surface area contributed by atoms with Gasteiger partial charge in [-0.05, 0) is 0 Å². The molecule has 14 heavy (non-hydrogen) atoms. The van der Waals surface area contributed by atoms with E-state index in [2.05, 4.69) is 20.5 Å². The smallest absolute Gasteiger partial charge is 0.273 e. The molecule has 0 radical (unpaired) electrons. The maximum atomic E-state index is 4.99. The van der Waals surface area contributed by atoms with Crippen LogP contribution >= 0.6 is 22.7 Å². The maximum absolute atomic E-state index is 4.99. The lowest BCUT2D eigenvalue weighted by molar-refractivity contribution is 0.412. The molecule has 0 aliphatic rings. The van der Waals surface area contributed by atoms with Crippen molar-refractivity contribution in [2.24, 2.45) is 0 Å². The molecular weight excluding hydrogens is 220 g/mol. The molecule has 0 aliphatic carbocycles. The Bertz CT molecular complexity index is 386. The highest BCUT2D eigenvalue weighted by Gasteiger charge is 2.02. The van der Waals surface area contributed by atoms with Crippen LogP contribution in [0.1, 0.15) is 4.88 Å². The predicted octanol–water partition coefficient (Wildman–Crippen LogP) is 1.62. The first-order valence-corrected chi connectivity index (χ1v) is 5.57. The minimum absolute atomic E-state index is 0.680. The molecule has 1 N–H and O–H groups in total. The second-order valence-corrected chi connectivity index (χ2v) is 4.31. The van der Waals surface area contributed by atoms with Crippen LogP contribution in [-0.2, 0) is 6.54 Å². The van der Waals surface area contributed by atoms with Gasteiger partial charge in [-0.3, -0.25) is 0 Å². The zero-order chi connectivity index (χ0) is 9.80. The summed E-state index contributed by atoms with van der Waals surface area (Å²) < 4.78 is 4.99. The fraction of sp³-hybridized carbons (Fsp3) is 0.286. The van der Waals surface area contributed by atoms with Crippen LogP contribution in [-0.4, -0.2) is 22.3 Å². The molecule has 0 aromatic carbocycles. The molecule has 0 spiro atoms. The van der Waals surface area contributed by atoms with E-state index in [1.807, 2.05) is 0 Å². The number of rotatable bonds is 4. The van der Waals surface area contributed by atoms with E-state index in [0.29, 0.717) is 11.7 Å². The van der Waals surface area contributed by atoms with E-state index in [-0.39, 0.29) is 0 Å². The Labute approximate surface area is 88.8 Å². The molecule has 0 aliphatic heterocycles. The Morgan fingerprint density at radius 3 is 3.14 bits per heavy atom. The third-order valence-corrected chi connectivity index (χ3v) is 3.09. The lowest BCUT2D eigenvalue weighted by Gasteiger charge is -1.96. The molecule has 2 rings (SSSR count). The van der Waals surface area contributed by atoms with Crippen molar-refractivity contribution in [3.8, 4) is 5.19 Å². The Kier molecular flexibility index (Phi) is 2.90. The largest absolute Gasteiger partial charge is 0.473 e. The van der Waals surface area contributed by atoms with Gasteiger partial charge in [0.25, 0.3) is 5.19 Å². The Hall–Kier alpha value is -1.21. The molecule has 0 fully saturated rings. The second kappa shape index (κ2) is 4.34. The summed E-state index contributed by atoms with van der Waals surface area (Å²) in [6.45, 7) is 0.705. The number of aromatic nitrogens is 3. The van der Waals surface area contributed by atoms with Gasteiger partial charge in [0, 0.05) is 11.1 Å². The first-order valence-electron chi connectivity index (χ1n) is 3.87. The van der Waals surface area contributed by atoms with Crippen LogP contribution in [0.25, 0.3) is 0 Å². The summed E-state index contributed by atoms with van der Waals surface area (Å²) in [7, 11) is 1.61. The molecule has 0 saturated heterocycles. The van der Waals surface area contributed by atoms with Crippen molar-refractivity contribution in [3.63, 3.8) is 0 Å². The van der Waals surface area contributed by atoms with Crippen molar-refractivity contribution >= 4 is 27.8 Å². The molecule has 2 aromatic rings. The van der Waals surface area contributed by atoms with Gasteiger partial charge in [0.15, 0.2) is 0 Å². The number of nitrogens with one attached hydrogen (secondary N) is 1. The first-order chi connectivity index (χ1) is 6.88. The van der Waals surface area contributed by atoms with E-state index in [0.717, 1.165) is 10.0 Å². The number of anilines is 1. The topological polar surface area (TPSA) is 59.9 Å². The van der Waals surface area contributed by atoms with Gasteiger partial charge in [0.05, 0.1) is 13.7 Å². The Morgan fingerprint density at radius 2 is 2.50 bits per heavy atom. The third kappa shape index (κ3) is 2.18. The van der Waals surface area contributed by atoms with E-state index in [1.165, 1.54) is 22.7 Å². The molecule has 0 amide bonds. The number of thiazole rings is 1. The lowest BCUT2D eigenvalue weighted by Crippen LogP contribution is -1.96. The van der Waals surface area contributed by atoms with E-state index < -0.39 is 0 Å². The van der Waals surface area contributed by atoms with Crippen LogP contribution < -0.4 is 10.1 Å². The fourth-order valence-corrected chi connectivity index (χ4v) is 1.99. The van der Waals surface area contributed by atoms with Gasteiger partial charge in [-0.15, -0.1) is 10.2 Å². The number of methoxy groups -OCH3 is 1. The highest BCUT2D eigenvalue weighted by atomic mass is 32.1. The molecule has 5 nitrogen and oxygen atoms in total. The van der Waals surface area contributed by atoms with Gasteiger partial charge in [0.2, 0.25) is 5.13 Å². The third-order valence-electron chi connectivity index (χ3n) is 1.48. The minimum atomic E-state index is 0.680. The normalized spacial score (nSPS) is 10.1. The zero-order valence-corrected chi connectivity index (χ0v) is 9.06. The SMILES string of the molecule is COc1ncc(CNc2nncs2)s1. The van der Waals surface area contributed by atoms with Crippen LogP contribution in [0.2, 0.25) is 0 Å². The summed E-state index contributed by atoms with van der Waals surface area (Å²) in [6, 6.07) is 0. The van der Waals surface area contributed by atoms with Gasteiger partial charge < -0.3 is 10.1 Å². The quantitative estimate of drug-likeness (QED) is 0.861. The van der Waals surface area contributed by atoms with Crippen molar-refractivity contribution in [1.82, 2.24) is 15.2 Å². The standard InChI is InChI=1S/C7H8N4OS2/c1-12-7-9-3-5(14-7)2-8-6-11-10-4-13-6/h3-4H,2H2,1H3,(H,8,11). The molecule has 0 atom stereocenters. The van der Waals surface area contributed by atoms with E-state index in [4.69, 9.17) is 4.74 Å². The monoisotopic (exact) mass is 228 g/mol. The minimum Gasteiger partial charge on any atom is -0.473 e. The number of hydrogen-bond donors (Lipinski definition) is 1. The molecule has 2 aromatic heterocycles. The molecule has 74 valence electrons. The first kappa shape index (κ1) is 9.35. The predicted molar refractivity (Wildman–Crippen MR) is 55.9 cm³/mol. The summed E-state index contributed by atoms with van der Waals surface area (Å²) in [5.41, 5.74) is 1.69. The van der Waals surface area contributed by atoms with Crippen LogP contribution in [0, 0.1) is 0 Å². The van der Waals surface area contributed by atoms with Crippen molar-refractivity contribution in [1.29, 1.82) is 0 Å². The lowest BCUT2D eigenvalue weighted by atomic mass is 10.5. The summed E-state index contributed by atoms with van der Waals surface area (Å²) in [5.74, 6) is 0. The van der Waals surface area contributed by atoms with Gasteiger partial charge in [-0.1, -0.05) is 22.7 Å². The van der Waals surface area contributed by atoms with Gasteiger partial charge in [0.1, 0.15) is 5.51 Å². The van der Waals surface area contributed by atoms with Crippen molar-refractivity contribution in [2.75, 3.05) is 12.4 Å². The molecular formula is C7H8N4OS2. The summed E-state index contributed by atoms with van der Waals surface area (Å²) in [6.07, 6.45) is 1.79. The number of hydrogen-bond acceptors (Lipinski definition) is 7. The summed E-state index contributed by atoms with van der Waals surface area (Å²) in [5, 5.41) is 12.2. The highest BCUT2D eigenvalue weighted by molar-refractivity contribution is 7.14. The average molecular weight is 228 g/mol. The van der Waals surface area contributed by atoms with Crippen LogP contribution in [0.3, 0.4) is 0 Å². The summed E-state index contributed by atoms with van der Waals surface area (Å²) in [4.78, 5) is 5.17. The molecule has 0 unspecified atom stereocenters. The Morgan fingerprint density at radius 1 is 1.57 bits per heavy atom. The van der Waals surface area contributed by atoms with Gasteiger partial charge in [-0.25, -0.2) is 4.98 Å². The molecule has 2 heterocycles. The van der Waals surface area contributed by atoms with Gasteiger partial charge >= 0.3 is 0 Å². The van der Waals surface area contributed by atoms with Crippen LogP contribution in [0.5, 0.6) is 5.19 Å². The van der Waals surface area contributed by atoms with Crippen LogP contribution in [0.15, 0.2) is 11.7 Å². The highest BCUT2D eigenvalue weighted by Crippen LogP contribution is 2.21. The van der Waals surface area contributed by atoms with E-state index in [1.54, 1.807) is 18.8 Å². The summed E-state index contributed by atoms with van der Waals surface area (Å²) >= 11 is 2.99. The fourth-order valence-electron chi connectivity index (χ4n) is 0.878. The molecule has 7 heteroatoms. The molecule has 0 bridgehead atoms. The number of nitrogens with zero attached hydrogens (tertiary/aromatic N) is 3. The zero-order valence-electron chi connectivity index (χ0n) is 7.43. The Balaban J connectivity index is 1.92. The average Bonchev–Trinajstić information content (AvgIpc) is 2.86. The van der Waals surface area contributed by atoms with Crippen molar-refractivity contribution < 1.29 is 4.74 Å². The van der Waals surface area contributed by atoms with Crippen molar-refractivity contribution in [2.45, 2.75) is 6.54 Å². The van der Waals surface area contributed by atoms with Crippen molar-refractivity contribution in [3.05, 3.63) is 16.6 Å². The van der Waals surface area contributed by atoms with Gasteiger partial charge in [-0.2, -0.15) is 0 Å². The van der Waals surface area contributed by atoms with E-state index >= 15 is 0 Å². The number of ether oxygens (including phenoxy) is 1. The van der Waals surface area contributed by atoms with Crippen LogP contribution in [0.4, 0.5) is 5.13 Å². The molecule has 0 saturated carbocycles.